The smallest absolute Gasteiger partial charge is 0.251 e. The summed E-state index contributed by atoms with van der Waals surface area (Å²) in [5, 5.41) is 0. The molecule has 1 N–H and O–H groups in total. The zero-order chi connectivity index (χ0) is 17.1. The minimum atomic E-state index is -0.159. The molecule has 0 unspecified atom stereocenters. The Morgan fingerprint density at radius 3 is 2.04 bits per heavy atom. The van der Waals surface area contributed by atoms with Gasteiger partial charge in [0, 0.05) is 17.3 Å². The summed E-state index contributed by atoms with van der Waals surface area (Å²) in [4.78, 5) is 18.7. The van der Waals surface area contributed by atoms with E-state index in [-0.39, 0.29) is 5.56 Å². The van der Waals surface area contributed by atoms with E-state index in [1.54, 1.807) is 21.1 Å². The summed E-state index contributed by atoms with van der Waals surface area (Å²) in [7, 11) is 3.27. The van der Waals surface area contributed by atoms with E-state index < -0.39 is 0 Å². The predicted molar refractivity (Wildman–Crippen MR) is 93.6 cm³/mol. The first-order valence-electron chi connectivity index (χ1n) is 7.52. The van der Waals surface area contributed by atoms with Gasteiger partial charge in [0.1, 0.15) is 17.3 Å². The first-order valence-corrected chi connectivity index (χ1v) is 7.52. The molecule has 0 aliphatic rings. The third-order valence-electron chi connectivity index (χ3n) is 3.74. The van der Waals surface area contributed by atoms with Gasteiger partial charge >= 0.3 is 0 Å². The maximum absolute atomic E-state index is 11.6. The van der Waals surface area contributed by atoms with Crippen molar-refractivity contribution < 1.29 is 9.47 Å². The van der Waals surface area contributed by atoms with E-state index in [1.807, 2.05) is 42.5 Å². The summed E-state index contributed by atoms with van der Waals surface area (Å²) in [6.07, 6.45) is 0. The Morgan fingerprint density at radius 2 is 1.50 bits per heavy atom. The van der Waals surface area contributed by atoms with E-state index in [1.165, 1.54) is 6.07 Å². The molecule has 1 aromatic heterocycles. The van der Waals surface area contributed by atoms with Gasteiger partial charge in [-0.05, 0) is 24.6 Å². The summed E-state index contributed by atoms with van der Waals surface area (Å²) in [5.74, 6) is 2.03. The van der Waals surface area contributed by atoms with Crippen molar-refractivity contribution in [2.24, 2.45) is 0 Å². The Hall–Kier alpha value is -3.08. The Bertz CT molecular complexity index is 892. The van der Waals surface area contributed by atoms with E-state index >= 15 is 0 Å². The second-order valence-electron chi connectivity index (χ2n) is 5.35. The second kappa shape index (κ2) is 6.58. The predicted octanol–water partition coefficient (Wildman–Crippen LogP) is 3.43. The number of benzene rings is 2. The topological polar surface area (TPSA) is 64.2 Å². The zero-order valence-electron chi connectivity index (χ0n) is 13.8. The minimum Gasteiger partial charge on any atom is -0.496 e. The fourth-order valence-corrected chi connectivity index (χ4v) is 2.65. The molecule has 1 heterocycles. The molecule has 0 radical (unpaired) electrons. The van der Waals surface area contributed by atoms with Gasteiger partial charge < -0.3 is 14.5 Å². The van der Waals surface area contributed by atoms with Gasteiger partial charge in [0.05, 0.1) is 19.8 Å². The highest BCUT2D eigenvalue weighted by Gasteiger charge is 2.12. The number of hydrogen-bond donors (Lipinski definition) is 1. The lowest BCUT2D eigenvalue weighted by atomic mass is 10.0. The maximum atomic E-state index is 11.6. The number of rotatable bonds is 4. The second-order valence-corrected chi connectivity index (χ2v) is 5.35. The molecule has 0 aliphatic carbocycles. The van der Waals surface area contributed by atoms with Crippen molar-refractivity contribution in [1.29, 1.82) is 0 Å². The van der Waals surface area contributed by atoms with E-state index in [0.29, 0.717) is 11.5 Å². The van der Waals surface area contributed by atoms with Crippen LogP contribution in [0.15, 0.2) is 53.3 Å². The Kier molecular flexibility index (Phi) is 4.33. The third kappa shape index (κ3) is 3.01. The maximum Gasteiger partial charge on any atom is 0.251 e. The summed E-state index contributed by atoms with van der Waals surface area (Å²) >= 11 is 0. The average molecular weight is 322 g/mol. The Balaban J connectivity index is 2.06. The van der Waals surface area contributed by atoms with Crippen molar-refractivity contribution in [3.05, 3.63) is 64.6 Å². The Morgan fingerprint density at radius 1 is 0.917 bits per heavy atom. The van der Waals surface area contributed by atoms with E-state index in [0.717, 1.165) is 28.2 Å². The molecule has 0 aliphatic heterocycles. The molecule has 5 nitrogen and oxygen atoms in total. The number of aromatic nitrogens is 2. The standard InChI is InChI=1S/C19H18N2O3/c1-12-11-17(22)21-19(20-12)14-9-7-13(8-10-14)18-15(23-2)5-4-6-16(18)24-3/h4-11H,1-3H3,(H,20,21,22). The average Bonchev–Trinajstić information content (AvgIpc) is 2.60. The fourth-order valence-electron chi connectivity index (χ4n) is 2.65. The van der Waals surface area contributed by atoms with Crippen molar-refractivity contribution in [2.75, 3.05) is 14.2 Å². The van der Waals surface area contributed by atoms with Crippen molar-refractivity contribution in [3.63, 3.8) is 0 Å². The lowest BCUT2D eigenvalue weighted by molar-refractivity contribution is 0.397. The van der Waals surface area contributed by atoms with Crippen LogP contribution in [0.25, 0.3) is 22.5 Å². The molecule has 2 aromatic carbocycles. The molecular weight excluding hydrogens is 304 g/mol. The van der Waals surface area contributed by atoms with Gasteiger partial charge in [-0.25, -0.2) is 4.98 Å². The number of hydrogen-bond acceptors (Lipinski definition) is 4. The molecule has 24 heavy (non-hydrogen) atoms. The quantitative estimate of drug-likeness (QED) is 0.799. The number of methoxy groups -OCH3 is 2. The minimum absolute atomic E-state index is 0.159. The number of ether oxygens (including phenoxy) is 2. The molecule has 122 valence electrons. The largest absolute Gasteiger partial charge is 0.496 e. The van der Waals surface area contributed by atoms with E-state index in [2.05, 4.69) is 9.97 Å². The van der Waals surface area contributed by atoms with Crippen molar-refractivity contribution in [2.45, 2.75) is 6.92 Å². The van der Waals surface area contributed by atoms with E-state index in [9.17, 15) is 4.79 Å². The Labute approximate surface area is 139 Å². The van der Waals surface area contributed by atoms with Crippen LogP contribution >= 0.6 is 0 Å². The molecule has 0 saturated carbocycles. The highest BCUT2D eigenvalue weighted by molar-refractivity contribution is 5.78. The number of nitrogens with one attached hydrogen (secondary N) is 1. The third-order valence-corrected chi connectivity index (χ3v) is 3.74. The number of H-pyrrole nitrogens is 1. The van der Waals surface area contributed by atoms with Gasteiger partial charge in [-0.3, -0.25) is 4.79 Å². The molecule has 0 fully saturated rings. The van der Waals surface area contributed by atoms with Gasteiger partial charge in [0.2, 0.25) is 0 Å². The summed E-state index contributed by atoms with van der Waals surface area (Å²) in [5.41, 5.74) is 3.22. The lowest BCUT2D eigenvalue weighted by Crippen LogP contribution is -2.08. The first-order chi connectivity index (χ1) is 11.6. The van der Waals surface area contributed by atoms with Crippen molar-refractivity contribution in [3.8, 4) is 34.0 Å². The van der Waals surface area contributed by atoms with Crippen LogP contribution in [0.1, 0.15) is 5.69 Å². The normalized spacial score (nSPS) is 10.5. The van der Waals surface area contributed by atoms with Gasteiger partial charge in [0.25, 0.3) is 5.56 Å². The summed E-state index contributed by atoms with van der Waals surface area (Å²) in [6, 6.07) is 14.9. The van der Waals surface area contributed by atoms with Gasteiger partial charge in [0.15, 0.2) is 0 Å². The van der Waals surface area contributed by atoms with Crippen LogP contribution in [0, 0.1) is 6.92 Å². The van der Waals surface area contributed by atoms with E-state index in [4.69, 9.17) is 9.47 Å². The molecule has 5 heteroatoms. The van der Waals surface area contributed by atoms with Crippen molar-refractivity contribution >= 4 is 0 Å². The SMILES string of the molecule is COc1cccc(OC)c1-c1ccc(-c2nc(C)cc(=O)[nH]2)cc1. The van der Waals surface area contributed by atoms with Crippen LogP contribution in [0.2, 0.25) is 0 Å². The van der Waals surface area contributed by atoms with Crippen LogP contribution in [-0.2, 0) is 0 Å². The van der Waals surface area contributed by atoms with Crippen LogP contribution in [0.5, 0.6) is 11.5 Å². The van der Waals surface area contributed by atoms with Crippen LogP contribution < -0.4 is 15.0 Å². The monoisotopic (exact) mass is 322 g/mol. The van der Waals surface area contributed by atoms with Gasteiger partial charge in [-0.2, -0.15) is 0 Å². The van der Waals surface area contributed by atoms with Crippen LogP contribution in [-0.4, -0.2) is 24.2 Å². The highest BCUT2D eigenvalue weighted by Crippen LogP contribution is 2.38. The first kappa shape index (κ1) is 15.8. The highest BCUT2D eigenvalue weighted by atomic mass is 16.5. The molecule has 3 rings (SSSR count). The molecule has 0 bridgehead atoms. The molecule has 0 saturated heterocycles. The number of aromatic amines is 1. The van der Waals surface area contributed by atoms with Gasteiger partial charge in [-0.1, -0.05) is 30.3 Å². The summed E-state index contributed by atoms with van der Waals surface area (Å²) in [6.45, 7) is 1.80. The molecule has 0 amide bonds. The summed E-state index contributed by atoms with van der Waals surface area (Å²) < 4.78 is 10.9. The fraction of sp³-hybridized carbons (Fsp3) is 0.158. The molecule has 0 spiro atoms. The molecule has 0 atom stereocenters. The van der Waals surface area contributed by atoms with Crippen LogP contribution in [0.4, 0.5) is 0 Å². The number of nitrogens with zero attached hydrogens (tertiary/aromatic N) is 1. The molecule has 3 aromatic rings. The van der Waals surface area contributed by atoms with Crippen LogP contribution in [0.3, 0.4) is 0 Å². The van der Waals surface area contributed by atoms with Crippen molar-refractivity contribution in [1.82, 2.24) is 9.97 Å². The lowest BCUT2D eigenvalue weighted by Gasteiger charge is -2.13. The zero-order valence-corrected chi connectivity index (χ0v) is 13.8. The number of aryl methyl sites for hydroxylation is 1. The van der Waals surface area contributed by atoms with Gasteiger partial charge in [-0.15, -0.1) is 0 Å². The molecular formula is C19H18N2O3.